The van der Waals surface area contributed by atoms with Crippen LogP contribution < -0.4 is 11.3 Å². The quantitative estimate of drug-likeness (QED) is 0.395. The van der Waals surface area contributed by atoms with Gasteiger partial charge in [-0.3, -0.25) is 16.0 Å². The number of nitrogens with one attached hydrogen (secondary N) is 1. The zero-order valence-corrected chi connectivity index (χ0v) is 6.52. The van der Waals surface area contributed by atoms with Crippen LogP contribution in [0.4, 0.5) is 11.4 Å². The zero-order valence-electron chi connectivity index (χ0n) is 6.52. The number of hydrogen-bond acceptors (Lipinski definition) is 5. The van der Waals surface area contributed by atoms with Crippen molar-refractivity contribution in [1.82, 2.24) is 0 Å². The molecule has 0 unspecified atom stereocenters. The summed E-state index contributed by atoms with van der Waals surface area (Å²) in [5.41, 5.74) is 2.15. The molecule has 3 N–H and O–H groups in total. The van der Waals surface area contributed by atoms with Crippen molar-refractivity contribution in [2.75, 3.05) is 5.43 Å². The molecule has 0 bridgehead atoms. The van der Waals surface area contributed by atoms with Gasteiger partial charge in [0.1, 0.15) is 6.07 Å². The number of nitro groups is 1. The van der Waals surface area contributed by atoms with E-state index in [0.717, 1.165) is 0 Å². The van der Waals surface area contributed by atoms with Gasteiger partial charge in [0.05, 0.1) is 10.6 Å². The Morgan fingerprint density at radius 2 is 2.31 bits per heavy atom. The van der Waals surface area contributed by atoms with Crippen LogP contribution in [0.25, 0.3) is 0 Å². The van der Waals surface area contributed by atoms with Gasteiger partial charge in [-0.2, -0.15) is 5.26 Å². The Labute approximate surface area is 73.7 Å². The molecule has 0 aliphatic heterocycles. The van der Waals surface area contributed by atoms with E-state index in [-0.39, 0.29) is 16.9 Å². The Morgan fingerprint density at radius 3 is 2.77 bits per heavy atom. The number of nitrogen functional groups attached to an aromatic ring is 1. The number of nitro benzene ring substituents is 1. The summed E-state index contributed by atoms with van der Waals surface area (Å²) in [7, 11) is 0. The molecule has 0 amide bonds. The lowest BCUT2D eigenvalue weighted by Gasteiger charge is -2.01. The van der Waals surface area contributed by atoms with Gasteiger partial charge in [0.25, 0.3) is 5.69 Å². The minimum absolute atomic E-state index is 0.0602. The van der Waals surface area contributed by atoms with Crippen molar-refractivity contribution in [3.05, 3.63) is 33.9 Å². The molecule has 0 heterocycles. The average Bonchev–Trinajstić information content (AvgIpc) is 2.16. The van der Waals surface area contributed by atoms with Crippen molar-refractivity contribution in [3.8, 4) is 6.07 Å². The van der Waals surface area contributed by atoms with Crippen LogP contribution in [0.2, 0.25) is 0 Å². The SMILES string of the molecule is N#Cc1c(NN)cccc1[N+](=O)[O-]. The Hall–Kier alpha value is -2.13. The van der Waals surface area contributed by atoms with E-state index in [9.17, 15) is 10.1 Å². The monoisotopic (exact) mass is 178 g/mol. The first-order valence-corrected chi connectivity index (χ1v) is 3.35. The van der Waals surface area contributed by atoms with Crippen molar-refractivity contribution in [3.63, 3.8) is 0 Å². The molecule has 0 spiro atoms. The number of nitrogens with zero attached hydrogens (tertiary/aromatic N) is 2. The van der Waals surface area contributed by atoms with Crippen LogP contribution in [0.15, 0.2) is 18.2 Å². The highest BCUT2D eigenvalue weighted by Gasteiger charge is 2.15. The minimum Gasteiger partial charge on any atom is -0.323 e. The minimum atomic E-state index is -0.626. The summed E-state index contributed by atoms with van der Waals surface area (Å²) >= 11 is 0. The van der Waals surface area contributed by atoms with Crippen molar-refractivity contribution >= 4 is 11.4 Å². The molecule has 66 valence electrons. The summed E-state index contributed by atoms with van der Waals surface area (Å²) in [4.78, 5) is 9.81. The first-order valence-electron chi connectivity index (χ1n) is 3.35. The number of nitriles is 1. The van der Waals surface area contributed by atoms with Crippen LogP contribution >= 0.6 is 0 Å². The van der Waals surface area contributed by atoms with E-state index in [1.54, 1.807) is 6.07 Å². The standard InChI is InChI=1S/C7H6N4O2/c8-4-5-6(10-9)2-1-3-7(5)11(12)13/h1-3,10H,9H2. The van der Waals surface area contributed by atoms with Gasteiger partial charge in [-0.1, -0.05) is 6.07 Å². The number of hydrazine groups is 1. The molecule has 1 aromatic rings. The van der Waals surface area contributed by atoms with Crippen LogP contribution in [-0.2, 0) is 0 Å². The molecule has 1 aromatic carbocycles. The highest BCUT2D eigenvalue weighted by molar-refractivity contribution is 5.65. The number of hydrogen-bond donors (Lipinski definition) is 2. The summed E-state index contributed by atoms with van der Waals surface area (Å²) in [6.45, 7) is 0. The maximum absolute atomic E-state index is 10.4. The second kappa shape index (κ2) is 3.51. The molecule has 0 saturated carbocycles. The third kappa shape index (κ3) is 1.55. The van der Waals surface area contributed by atoms with Gasteiger partial charge in [-0.15, -0.1) is 0 Å². The first kappa shape index (κ1) is 8.96. The van der Waals surface area contributed by atoms with Gasteiger partial charge < -0.3 is 5.43 Å². The van der Waals surface area contributed by atoms with Gasteiger partial charge in [0.15, 0.2) is 5.56 Å². The Kier molecular flexibility index (Phi) is 2.42. The van der Waals surface area contributed by atoms with Crippen molar-refractivity contribution < 1.29 is 4.92 Å². The highest BCUT2D eigenvalue weighted by atomic mass is 16.6. The Bertz CT molecular complexity index is 383. The fourth-order valence-electron chi connectivity index (χ4n) is 0.930. The summed E-state index contributed by atoms with van der Waals surface area (Å²) in [6, 6.07) is 5.91. The molecule has 13 heavy (non-hydrogen) atoms. The lowest BCUT2D eigenvalue weighted by atomic mass is 10.1. The van der Waals surface area contributed by atoms with Gasteiger partial charge in [-0.25, -0.2) is 0 Å². The predicted molar refractivity (Wildman–Crippen MR) is 45.6 cm³/mol. The number of rotatable bonds is 2. The molecule has 6 nitrogen and oxygen atoms in total. The van der Waals surface area contributed by atoms with Crippen LogP contribution in [0.5, 0.6) is 0 Å². The molecule has 0 radical (unpaired) electrons. The third-order valence-electron chi connectivity index (χ3n) is 1.51. The van der Waals surface area contributed by atoms with E-state index in [1.165, 1.54) is 18.2 Å². The second-order valence-corrected chi connectivity index (χ2v) is 2.21. The summed E-state index contributed by atoms with van der Waals surface area (Å²) < 4.78 is 0. The number of benzene rings is 1. The number of anilines is 1. The molecular formula is C7H6N4O2. The molecule has 0 aliphatic rings. The van der Waals surface area contributed by atoms with E-state index in [4.69, 9.17) is 11.1 Å². The largest absolute Gasteiger partial charge is 0.323 e. The summed E-state index contributed by atoms with van der Waals surface area (Å²) in [5.74, 6) is 5.07. The van der Waals surface area contributed by atoms with Gasteiger partial charge >= 0.3 is 0 Å². The normalized spacial score (nSPS) is 8.92. The smallest absolute Gasteiger partial charge is 0.289 e. The average molecular weight is 178 g/mol. The Morgan fingerprint density at radius 1 is 1.62 bits per heavy atom. The third-order valence-corrected chi connectivity index (χ3v) is 1.51. The summed E-state index contributed by atoms with van der Waals surface area (Å²) in [6.07, 6.45) is 0. The zero-order chi connectivity index (χ0) is 9.84. The molecule has 0 aliphatic carbocycles. The Balaban J connectivity index is 3.38. The lowest BCUT2D eigenvalue weighted by molar-refractivity contribution is -0.385. The molecule has 6 heteroatoms. The summed E-state index contributed by atoms with van der Waals surface area (Å²) in [5, 5.41) is 19.1. The first-order chi connectivity index (χ1) is 6.20. The van der Waals surface area contributed by atoms with Crippen LogP contribution in [0, 0.1) is 21.4 Å². The maximum atomic E-state index is 10.4. The molecule has 0 aromatic heterocycles. The molecule has 1 rings (SSSR count). The van der Waals surface area contributed by atoms with Gasteiger partial charge in [-0.05, 0) is 6.07 Å². The van der Waals surface area contributed by atoms with Gasteiger partial charge in [0.2, 0.25) is 0 Å². The van der Waals surface area contributed by atoms with E-state index in [2.05, 4.69) is 5.43 Å². The molecule has 0 atom stereocenters. The maximum Gasteiger partial charge on any atom is 0.289 e. The molecule has 0 saturated heterocycles. The van der Waals surface area contributed by atoms with Crippen LogP contribution in [-0.4, -0.2) is 4.92 Å². The topological polar surface area (TPSA) is 105 Å². The number of nitrogens with two attached hydrogens (primary N) is 1. The van der Waals surface area contributed by atoms with Gasteiger partial charge in [0, 0.05) is 6.07 Å². The second-order valence-electron chi connectivity index (χ2n) is 2.21. The van der Waals surface area contributed by atoms with Crippen LogP contribution in [0.1, 0.15) is 5.56 Å². The van der Waals surface area contributed by atoms with E-state index in [1.807, 2.05) is 0 Å². The van der Waals surface area contributed by atoms with E-state index >= 15 is 0 Å². The molecule has 0 fully saturated rings. The van der Waals surface area contributed by atoms with Crippen LogP contribution in [0.3, 0.4) is 0 Å². The highest BCUT2D eigenvalue weighted by Crippen LogP contribution is 2.24. The van der Waals surface area contributed by atoms with Crippen molar-refractivity contribution in [2.24, 2.45) is 5.84 Å². The fourth-order valence-corrected chi connectivity index (χ4v) is 0.930. The van der Waals surface area contributed by atoms with E-state index in [0.29, 0.717) is 0 Å². The lowest BCUT2D eigenvalue weighted by Crippen LogP contribution is -2.09. The predicted octanol–water partition coefficient (Wildman–Crippen LogP) is 0.752. The van der Waals surface area contributed by atoms with Crippen molar-refractivity contribution in [1.29, 1.82) is 5.26 Å². The van der Waals surface area contributed by atoms with E-state index < -0.39 is 4.92 Å². The molecular weight excluding hydrogens is 172 g/mol. The fraction of sp³-hybridized carbons (Fsp3) is 0. The van der Waals surface area contributed by atoms with Crippen molar-refractivity contribution in [2.45, 2.75) is 0 Å².